The van der Waals surface area contributed by atoms with Gasteiger partial charge in [-0.2, -0.15) is 0 Å². The number of aliphatic hydroxyl groups excluding tert-OH is 1. The van der Waals surface area contributed by atoms with Gasteiger partial charge in [0.2, 0.25) is 5.78 Å². The Kier molecular flexibility index (Phi) is 5.93. The van der Waals surface area contributed by atoms with E-state index in [9.17, 15) is 14.7 Å². The molecule has 3 rings (SSSR count). The van der Waals surface area contributed by atoms with Crippen LogP contribution in [0.1, 0.15) is 27.7 Å². The normalized spacial score (nSPS) is 16.9. The minimum atomic E-state index is -0.644. The lowest BCUT2D eigenvalue weighted by molar-refractivity contribution is -0.129. The van der Waals surface area contributed by atoms with Crippen molar-refractivity contribution in [2.45, 2.75) is 12.5 Å². The first-order valence-electron chi connectivity index (χ1n) is 8.53. The summed E-state index contributed by atoms with van der Waals surface area (Å²) in [6.07, 6.45) is 0.600. The van der Waals surface area contributed by atoms with Crippen molar-refractivity contribution in [3.63, 3.8) is 0 Å². The van der Waals surface area contributed by atoms with Gasteiger partial charge in [0.1, 0.15) is 5.75 Å². The van der Waals surface area contributed by atoms with Crippen molar-refractivity contribution in [2.75, 3.05) is 27.4 Å². The standard InChI is InChI=1S/C20H21NO5S/c1-25-11-4-10-21-17(13-6-8-14(26-2)9-7-13)16(19(23)20(21)24)18(22)15-5-3-12-27-15/h3,5-9,12,17,23H,4,10-11H2,1-2H3/t17-/m1/s1. The second-order valence-corrected chi connectivity index (χ2v) is 7.04. The van der Waals surface area contributed by atoms with Crippen LogP contribution < -0.4 is 4.74 Å². The van der Waals surface area contributed by atoms with Crippen LogP contribution in [0.2, 0.25) is 0 Å². The highest BCUT2D eigenvalue weighted by Crippen LogP contribution is 2.39. The molecule has 1 N–H and O–H groups in total. The van der Waals surface area contributed by atoms with Crippen molar-refractivity contribution < 1.29 is 24.2 Å². The van der Waals surface area contributed by atoms with E-state index in [2.05, 4.69) is 0 Å². The van der Waals surface area contributed by atoms with Gasteiger partial charge in [-0.3, -0.25) is 9.59 Å². The number of amides is 1. The number of aliphatic hydroxyl groups is 1. The predicted octanol–water partition coefficient (Wildman–Crippen LogP) is 3.37. The van der Waals surface area contributed by atoms with Crippen molar-refractivity contribution in [1.29, 1.82) is 0 Å². The Morgan fingerprint density at radius 3 is 2.56 bits per heavy atom. The van der Waals surface area contributed by atoms with Crippen LogP contribution in [-0.2, 0) is 9.53 Å². The molecular formula is C20H21NO5S. The Morgan fingerprint density at radius 1 is 1.22 bits per heavy atom. The molecule has 1 amide bonds. The van der Waals surface area contributed by atoms with Gasteiger partial charge in [-0.1, -0.05) is 18.2 Å². The van der Waals surface area contributed by atoms with E-state index in [1.807, 2.05) is 0 Å². The minimum Gasteiger partial charge on any atom is -0.503 e. The first kappa shape index (κ1) is 19.1. The van der Waals surface area contributed by atoms with Crippen LogP contribution in [0.25, 0.3) is 0 Å². The van der Waals surface area contributed by atoms with Gasteiger partial charge in [-0.05, 0) is 35.6 Å². The minimum absolute atomic E-state index is 0.116. The number of nitrogens with zero attached hydrogens (tertiary/aromatic N) is 1. The van der Waals surface area contributed by atoms with Gasteiger partial charge in [0.15, 0.2) is 5.76 Å². The molecule has 142 valence electrons. The zero-order chi connectivity index (χ0) is 19.4. The molecule has 0 bridgehead atoms. The number of rotatable bonds is 8. The monoisotopic (exact) mass is 387 g/mol. The molecule has 6 nitrogen and oxygen atoms in total. The average Bonchev–Trinajstić information content (AvgIpc) is 3.31. The van der Waals surface area contributed by atoms with Gasteiger partial charge in [0, 0.05) is 20.3 Å². The first-order valence-corrected chi connectivity index (χ1v) is 9.41. The lowest BCUT2D eigenvalue weighted by atomic mass is 9.95. The molecule has 27 heavy (non-hydrogen) atoms. The fourth-order valence-electron chi connectivity index (χ4n) is 3.17. The summed E-state index contributed by atoms with van der Waals surface area (Å²) >= 11 is 1.28. The van der Waals surface area contributed by atoms with Crippen LogP contribution in [0.5, 0.6) is 5.75 Å². The number of hydrogen-bond acceptors (Lipinski definition) is 6. The summed E-state index contributed by atoms with van der Waals surface area (Å²) in [6.45, 7) is 0.850. The molecule has 0 aliphatic carbocycles. The van der Waals surface area contributed by atoms with E-state index < -0.39 is 17.7 Å². The van der Waals surface area contributed by atoms with Crippen molar-refractivity contribution in [1.82, 2.24) is 4.90 Å². The molecule has 2 aromatic rings. The van der Waals surface area contributed by atoms with Gasteiger partial charge < -0.3 is 19.5 Å². The van der Waals surface area contributed by atoms with Gasteiger partial charge in [-0.25, -0.2) is 0 Å². The Balaban J connectivity index is 2.01. The smallest absolute Gasteiger partial charge is 0.290 e. The maximum Gasteiger partial charge on any atom is 0.290 e. The lowest BCUT2D eigenvalue weighted by Crippen LogP contribution is -2.32. The maximum absolute atomic E-state index is 13.0. The molecule has 7 heteroatoms. The van der Waals surface area contributed by atoms with Crippen LogP contribution in [0.4, 0.5) is 0 Å². The van der Waals surface area contributed by atoms with E-state index in [4.69, 9.17) is 9.47 Å². The summed E-state index contributed by atoms with van der Waals surface area (Å²) in [6, 6.07) is 9.98. The van der Waals surface area contributed by atoms with E-state index in [-0.39, 0.29) is 11.4 Å². The molecule has 0 radical (unpaired) electrons. The van der Waals surface area contributed by atoms with Crippen molar-refractivity contribution in [3.05, 3.63) is 63.6 Å². The Morgan fingerprint density at radius 2 is 1.96 bits per heavy atom. The Bertz CT molecular complexity index is 842. The van der Waals surface area contributed by atoms with Crippen LogP contribution in [0.15, 0.2) is 53.1 Å². The van der Waals surface area contributed by atoms with E-state index in [0.29, 0.717) is 30.2 Å². The van der Waals surface area contributed by atoms with E-state index >= 15 is 0 Å². The van der Waals surface area contributed by atoms with Crippen molar-refractivity contribution in [2.24, 2.45) is 0 Å². The summed E-state index contributed by atoms with van der Waals surface area (Å²) in [5.74, 6) is -0.669. The number of thiophene rings is 1. The molecule has 1 aromatic heterocycles. The second kappa shape index (κ2) is 8.37. The average molecular weight is 387 g/mol. The van der Waals surface area contributed by atoms with Crippen molar-refractivity contribution in [3.8, 4) is 5.75 Å². The molecule has 0 spiro atoms. The first-order chi connectivity index (χ1) is 13.1. The van der Waals surface area contributed by atoms with Crippen LogP contribution in [-0.4, -0.2) is 49.1 Å². The van der Waals surface area contributed by atoms with Crippen LogP contribution >= 0.6 is 11.3 Å². The lowest BCUT2D eigenvalue weighted by Gasteiger charge is -2.26. The highest BCUT2D eigenvalue weighted by molar-refractivity contribution is 7.12. The number of Topliss-reactive ketones (excluding diaryl/α,β-unsaturated/α-hetero) is 1. The van der Waals surface area contributed by atoms with Crippen LogP contribution in [0, 0.1) is 0 Å². The molecule has 0 fully saturated rings. The zero-order valence-electron chi connectivity index (χ0n) is 15.2. The molecule has 0 saturated heterocycles. The number of hydrogen-bond donors (Lipinski definition) is 1. The molecule has 1 aromatic carbocycles. The summed E-state index contributed by atoms with van der Waals surface area (Å²) < 4.78 is 10.3. The maximum atomic E-state index is 13.0. The van der Waals surface area contributed by atoms with Gasteiger partial charge in [0.25, 0.3) is 5.91 Å². The fraction of sp³-hybridized carbons (Fsp3) is 0.300. The molecule has 1 atom stereocenters. The number of benzene rings is 1. The Hall–Kier alpha value is -2.64. The molecule has 0 unspecified atom stereocenters. The van der Waals surface area contributed by atoms with Crippen LogP contribution in [0.3, 0.4) is 0 Å². The molecule has 2 heterocycles. The number of carbonyl (C=O) groups excluding carboxylic acids is 2. The highest BCUT2D eigenvalue weighted by Gasteiger charge is 2.43. The summed E-state index contributed by atoms with van der Waals surface area (Å²) in [4.78, 5) is 27.7. The van der Waals surface area contributed by atoms with E-state index in [1.165, 1.54) is 16.2 Å². The predicted molar refractivity (Wildman–Crippen MR) is 102 cm³/mol. The topological polar surface area (TPSA) is 76.1 Å². The Labute approximate surface area is 161 Å². The number of ketones is 1. The zero-order valence-corrected chi connectivity index (χ0v) is 16.0. The van der Waals surface area contributed by atoms with Gasteiger partial charge in [-0.15, -0.1) is 11.3 Å². The second-order valence-electron chi connectivity index (χ2n) is 6.09. The third-order valence-corrected chi connectivity index (χ3v) is 5.34. The molecule has 1 aliphatic heterocycles. The molecular weight excluding hydrogens is 366 g/mol. The quantitative estimate of drug-likeness (QED) is 0.555. The number of methoxy groups -OCH3 is 2. The molecule has 0 saturated carbocycles. The number of carbonyl (C=O) groups is 2. The SMILES string of the molecule is COCCCN1C(=O)C(O)=C(C(=O)c2cccs2)[C@H]1c1ccc(OC)cc1. The molecule has 1 aliphatic rings. The summed E-state index contributed by atoms with van der Waals surface area (Å²) in [7, 11) is 3.16. The summed E-state index contributed by atoms with van der Waals surface area (Å²) in [5.41, 5.74) is 0.857. The number of ether oxygens (including phenoxy) is 2. The van der Waals surface area contributed by atoms with E-state index in [0.717, 1.165) is 5.56 Å². The third-order valence-electron chi connectivity index (χ3n) is 4.47. The van der Waals surface area contributed by atoms with E-state index in [1.54, 1.807) is 56.0 Å². The van der Waals surface area contributed by atoms with Crippen molar-refractivity contribution >= 4 is 23.0 Å². The largest absolute Gasteiger partial charge is 0.503 e. The summed E-state index contributed by atoms with van der Waals surface area (Å²) in [5, 5.41) is 12.3. The third kappa shape index (κ3) is 3.74. The fourth-order valence-corrected chi connectivity index (χ4v) is 3.85. The van der Waals surface area contributed by atoms with Gasteiger partial charge in [0.05, 0.1) is 23.6 Å². The highest BCUT2D eigenvalue weighted by atomic mass is 32.1. The van der Waals surface area contributed by atoms with Gasteiger partial charge >= 0.3 is 0 Å².